The van der Waals surface area contributed by atoms with Gasteiger partial charge in [-0.05, 0) is 17.9 Å². The molecule has 2 N–H and O–H groups in total. The van der Waals surface area contributed by atoms with Crippen molar-refractivity contribution in [2.24, 2.45) is 11.8 Å². The minimum Gasteiger partial charge on any atom is -0.396 e. The minimum atomic E-state index is -4.05. The zero-order chi connectivity index (χ0) is 16.4. The second-order valence-corrected chi connectivity index (χ2v) is 7.82. The Morgan fingerprint density at radius 1 is 1.05 bits per heavy atom. The summed E-state index contributed by atoms with van der Waals surface area (Å²) in [5.41, 5.74) is 4.98. The van der Waals surface area contributed by atoms with Crippen LogP contribution in [0.3, 0.4) is 0 Å². The number of rotatable bonds is 6. The molecule has 120 valence electrons. The molecule has 4 nitrogen and oxygen atoms in total. The van der Waals surface area contributed by atoms with Crippen LogP contribution in [0.1, 0.15) is 27.7 Å². The topological polar surface area (TPSA) is 63.4 Å². The molecule has 1 aromatic carbocycles. The van der Waals surface area contributed by atoms with Gasteiger partial charge >= 0.3 is 0 Å². The standard InChI is InChI=1S/C14H22F2N2O2S/c1-9(2)7-18(8-10(3)4)21(19,20)14-6-13(17)11(15)5-12(14)16/h5-6,9-10H,7-8,17H2,1-4H3. The van der Waals surface area contributed by atoms with Crippen molar-refractivity contribution in [2.75, 3.05) is 18.8 Å². The quantitative estimate of drug-likeness (QED) is 0.820. The number of anilines is 1. The van der Waals surface area contributed by atoms with Crippen LogP contribution in [0.15, 0.2) is 17.0 Å². The maximum absolute atomic E-state index is 13.9. The molecule has 0 amide bonds. The van der Waals surface area contributed by atoms with E-state index in [9.17, 15) is 17.2 Å². The Bertz CT molecular complexity index is 591. The van der Waals surface area contributed by atoms with E-state index in [0.717, 1.165) is 6.07 Å². The largest absolute Gasteiger partial charge is 0.396 e. The smallest absolute Gasteiger partial charge is 0.246 e. The summed E-state index contributed by atoms with van der Waals surface area (Å²) in [5, 5.41) is 0. The van der Waals surface area contributed by atoms with Gasteiger partial charge in [0.1, 0.15) is 16.5 Å². The van der Waals surface area contributed by atoms with E-state index in [0.29, 0.717) is 6.07 Å². The predicted octanol–water partition coefficient (Wildman–Crippen LogP) is 2.85. The van der Waals surface area contributed by atoms with Crippen LogP contribution in [-0.2, 0) is 10.0 Å². The van der Waals surface area contributed by atoms with Gasteiger partial charge in [0, 0.05) is 19.2 Å². The molecule has 0 saturated heterocycles. The van der Waals surface area contributed by atoms with Gasteiger partial charge in [0.25, 0.3) is 0 Å². The maximum Gasteiger partial charge on any atom is 0.246 e. The highest BCUT2D eigenvalue weighted by atomic mass is 32.2. The van der Waals surface area contributed by atoms with Crippen molar-refractivity contribution < 1.29 is 17.2 Å². The van der Waals surface area contributed by atoms with Gasteiger partial charge in [-0.3, -0.25) is 0 Å². The van der Waals surface area contributed by atoms with Gasteiger partial charge in [-0.15, -0.1) is 0 Å². The highest BCUT2D eigenvalue weighted by Crippen LogP contribution is 2.25. The van der Waals surface area contributed by atoms with Crippen LogP contribution in [0.25, 0.3) is 0 Å². The van der Waals surface area contributed by atoms with Crippen molar-refractivity contribution >= 4 is 15.7 Å². The average Bonchev–Trinajstić information content (AvgIpc) is 2.31. The van der Waals surface area contributed by atoms with Crippen molar-refractivity contribution in [1.29, 1.82) is 0 Å². The average molecular weight is 320 g/mol. The first kappa shape index (κ1) is 17.8. The van der Waals surface area contributed by atoms with E-state index in [1.165, 1.54) is 4.31 Å². The molecule has 0 unspecified atom stereocenters. The summed E-state index contributed by atoms with van der Waals surface area (Å²) in [6, 6.07) is 1.35. The molecule has 7 heteroatoms. The Kier molecular flexibility index (Phi) is 5.69. The Balaban J connectivity index is 3.31. The van der Waals surface area contributed by atoms with Crippen LogP contribution in [0, 0.1) is 23.5 Å². The molecule has 0 aromatic heterocycles. The maximum atomic E-state index is 13.9. The third-order valence-corrected chi connectivity index (χ3v) is 4.65. The fourth-order valence-electron chi connectivity index (χ4n) is 1.97. The summed E-state index contributed by atoms with van der Waals surface area (Å²) in [6.45, 7) is 8.02. The lowest BCUT2D eigenvalue weighted by molar-refractivity contribution is 0.332. The molecule has 0 aliphatic rings. The second-order valence-electron chi connectivity index (χ2n) is 5.91. The van der Waals surface area contributed by atoms with Gasteiger partial charge in [0.05, 0.1) is 5.69 Å². The molecule has 0 radical (unpaired) electrons. The number of nitrogens with zero attached hydrogens (tertiary/aromatic N) is 1. The van der Waals surface area contributed by atoms with Crippen LogP contribution in [-0.4, -0.2) is 25.8 Å². The monoisotopic (exact) mass is 320 g/mol. The molecule has 0 bridgehead atoms. The number of hydrogen-bond acceptors (Lipinski definition) is 3. The van der Waals surface area contributed by atoms with E-state index in [4.69, 9.17) is 5.73 Å². The molecule has 0 spiro atoms. The van der Waals surface area contributed by atoms with Gasteiger partial charge in [-0.1, -0.05) is 27.7 Å². The molecule has 0 aliphatic carbocycles. The summed E-state index contributed by atoms with van der Waals surface area (Å²) < 4.78 is 53.5. The highest BCUT2D eigenvalue weighted by Gasteiger charge is 2.29. The Morgan fingerprint density at radius 3 is 1.95 bits per heavy atom. The third-order valence-electron chi connectivity index (χ3n) is 2.81. The SMILES string of the molecule is CC(C)CN(CC(C)C)S(=O)(=O)c1cc(N)c(F)cc1F. The lowest BCUT2D eigenvalue weighted by Gasteiger charge is -2.26. The number of benzene rings is 1. The van der Waals surface area contributed by atoms with Gasteiger partial charge in [0.15, 0.2) is 0 Å². The second kappa shape index (κ2) is 6.70. The first-order valence-electron chi connectivity index (χ1n) is 6.80. The number of nitrogens with two attached hydrogens (primary N) is 1. The molecule has 1 rings (SSSR count). The highest BCUT2D eigenvalue weighted by molar-refractivity contribution is 7.89. The summed E-state index contributed by atoms with van der Waals surface area (Å²) in [7, 11) is -4.05. The van der Waals surface area contributed by atoms with E-state index >= 15 is 0 Å². The molecule has 0 atom stereocenters. The van der Waals surface area contributed by atoms with Crippen LogP contribution in [0.4, 0.5) is 14.5 Å². The number of halogens is 2. The predicted molar refractivity (Wildman–Crippen MR) is 79.2 cm³/mol. The van der Waals surface area contributed by atoms with Gasteiger partial charge in [0.2, 0.25) is 10.0 Å². The van der Waals surface area contributed by atoms with E-state index in [1.807, 2.05) is 27.7 Å². The summed E-state index contributed by atoms with van der Waals surface area (Å²) in [6.07, 6.45) is 0. The van der Waals surface area contributed by atoms with Crippen molar-refractivity contribution in [3.63, 3.8) is 0 Å². The molecule has 1 aromatic rings. The fourth-order valence-corrected chi connectivity index (χ4v) is 3.82. The molecule has 0 aliphatic heterocycles. The van der Waals surface area contributed by atoms with E-state index in [1.54, 1.807) is 0 Å². The first-order valence-corrected chi connectivity index (χ1v) is 8.24. The van der Waals surface area contributed by atoms with Crippen LogP contribution < -0.4 is 5.73 Å². The molecular weight excluding hydrogens is 298 g/mol. The van der Waals surface area contributed by atoms with Crippen LogP contribution in [0.2, 0.25) is 0 Å². The zero-order valence-corrected chi connectivity index (χ0v) is 13.5. The van der Waals surface area contributed by atoms with E-state index in [-0.39, 0.29) is 30.6 Å². The summed E-state index contributed by atoms with van der Waals surface area (Å²) in [5.74, 6) is -1.93. The van der Waals surface area contributed by atoms with E-state index in [2.05, 4.69) is 0 Å². The number of nitrogen functional groups attached to an aromatic ring is 1. The van der Waals surface area contributed by atoms with Crippen LogP contribution >= 0.6 is 0 Å². The van der Waals surface area contributed by atoms with Crippen molar-refractivity contribution in [3.8, 4) is 0 Å². The molecular formula is C14H22F2N2O2S. The minimum absolute atomic E-state index is 0.0828. The van der Waals surface area contributed by atoms with Gasteiger partial charge in [-0.2, -0.15) is 4.31 Å². The summed E-state index contributed by atoms with van der Waals surface area (Å²) in [4.78, 5) is -0.581. The lowest BCUT2D eigenvalue weighted by Crippen LogP contribution is -2.37. The van der Waals surface area contributed by atoms with E-state index < -0.39 is 26.6 Å². The normalized spacial score (nSPS) is 12.6. The van der Waals surface area contributed by atoms with Crippen LogP contribution in [0.5, 0.6) is 0 Å². The zero-order valence-electron chi connectivity index (χ0n) is 12.7. The molecule has 21 heavy (non-hydrogen) atoms. The van der Waals surface area contributed by atoms with Gasteiger partial charge < -0.3 is 5.73 Å². The third kappa shape index (κ3) is 4.38. The Hall–Kier alpha value is -1.21. The molecule has 0 saturated carbocycles. The van der Waals surface area contributed by atoms with Crippen molar-refractivity contribution in [1.82, 2.24) is 4.31 Å². The summed E-state index contributed by atoms with van der Waals surface area (Å²) >= 11 is 0. The Labute approximate surface area is 125 Å². The Morgan fingerprint density at radius 2 is 1.52 bits per heavy atom. The fraction of sp³-hybridized carbons (Fsp3) is 0.571. The van der Waals surface area contributed by atoms with Crippen molar-refractivity contribution in [3.05, 3.63) is 23.8 Å². The number of hydrogen-bond donors (Lipinski definition) is 1. The lowest BCUT2D eigenvalue weighted by atomic mass is 10.2. The molecule has 0 fully saturated rings. The number of sulfonamides is 1. The van der Waals surface area contributed by atoms with Gasteiger partial charge in [-0.25, -0.2) is 17.2 Å². The first-order chi connectivity index (χ1) is 9.55. The van der Waals surface area contributed by atoms with Crippen molar-refractivity contribution in [2.45, 2.75) is 32.6 Å². The molecule has 0 heterocycles.